The van der Waals surface area contributed by atoms with E-state index in [1.165, 1.54) is 11.8 Å². The van der Waals surface area contributed by atoms with Crippen LogP contribution in [0.15, 0.2) is 0 Å². The SMILES string of the molecule is NC(=O)CCSC1CC(O)N(CC[C@@H](O)NCCOCCOCCOCCOCCOCCOCCOCCOCCI)[C@@H]1O. The van der Waals surface area contributed by atoms with Crippen LogP contribution in [0, 0.1) is 0 Å². The summed E-state index contributed by atoms with van der Waals surface area (Å²) in [6.45, 7) is 8.99. The number of hydrogen-bond donors (Lipinski definition) is 5. The van der Waals surface area contributed by atoms with Gasteiger partial charge in [0, 0.05) is 41.4 Å². The summed E-state index contributed by atoms with van der Waals surface area (Å²) in [5.74, 6) is 0.110. The van der Waals surface area contributed by atoms with Crippen LogP contribution in [0.3, 0.4) is 0 Å². The molecular weight excluding hydrogens is 729 g/mol. The molecular formula is C28H56IN3O12S. The van der Waals surface area contributed by atoms with Crippen LogP contribution in [0.2, 0.25) is 0 Å². The van der Waals surface area contributed by atoms with E-state index in [4.69, 9.17) is 43.6 Å². The molecule has 0 saturated carbocycles. The van der Waals surface area contributed by atoms with Crippen LogP contribution in [0.1, 0.15) is 19.3 Å². The molecule has 1 fully saturated rings. The molecule has 17 heteroatoms. The summed E-state index contributed by atoms with van der Waals surface area (Å²) in [7, 11) is 0. The van der Waals surface area contributed by atoms with E-state index in [0.717, 1.165) is 11.0 Å². The third-order valence-electron chi connectivity index (χ3n) is 6.29. The van der Waals surface area contributed by atoms with Gasteiger partial charge in [0.1, 0.15) is 18.7 Å². The molecule has 1 aliphatic heterocycles. The first-order valence-corrected chi connectivity index (χ1v) is 18.1. The first-order chi connectivity index (χ1) is 22.0. The lowest BCUT2D eigenvalue weighted by Crippen LogP contribution is -2.42. The smallest absolute Gasteiger partial charge is 0.218 e. The van der Waals surface area contributed by atoms with Gasteiger partial charge in [0.2, 0.25) is 5.91 Å². The molecule has 0 aromatic rings. The zero-order valence-electron chi connectivity index (χ0n) is 26.4. The molecule has 1 amide bonds. The molecule has 1 rings (SSSR count). The minimum Gasteiger partial charge on any atom is -0.379 e. The van der Waals surface area contributed by atoms with Gasteiger partial charge in [-0.05, 0) is 6.42 Å². The Bertz CT molecular complexity index is 682. The average Bonchev–Trinajstić information content (AvgIpc) is 3.28. The third kappa shape index (κ3) is 25.7. The topological polar surface area (TPSA) is 193 Å². The van der Waals surface area contributed by atoms with Gasteiger partial charge in [0.25, 0.3) is 0 Å². The number of ether oxygens (including phenoxy) is 8. The predicted molar refractivity (Wildman–Crippen MR) is 177 cm³/mol. The molecule has 268 valence electrons. The molecule has 0 aliphatic carbocycles. The van der Waals surface area contributed by atoms with Crippen LogP contribution >= 0.6 is 34.4 Å². The number of rotatable bonds is 34. The highest BCUT2D eigenvalue weighted by atomic mass is 127. The van der Waals surface area contributed by atoms with Crippen molar-refractivity contribution in [1.29, 1.82) is 0 Å². The second kappa shape index (κ2) is 31.3. The highest BCUT2D eigenvalue weighted by Gasteiger charge is 2.39. The third-order valence-corrected chi connectivity index (χ3v) is 8.04. The molecule has 2 unspecified atom stereocenters. The maximum Gasteiger partial charge on any atom is 0.218 e. The maximum absolute atomic E-state index is 10.9. The first-order valence-electron chi connectivity index (χ1n) is 15.6. The Morgan fingerprint density at radius 3 is 1.62 bits per heavy atom. The van der Waals surface area contributed by atoms with Crippen molar-refractivity contribution in [2.75, 3.05) is 129 Å². The van der Waals surface area contributed by atoms with E-state index in [-0.39, 0.29) is 17.6 Å². The van der Waals surface area contributed by atoms with Gasteiger partial charge in [-0.3, -0.25) is 15.0 Å². The van der Waals surface area contributed by atoms with Crippen molar-refractivity contribution in [1.82, 2.24) is 10.2 Å². The van der Waals surface area contributed by atoms with E-state index in [9.17, 15) is 20.1 Å². The van der Waals surface area contributed by atoms with Crippen molar-refractivity contribution in [3.8, 4) is 0 Å². The lowest BCUT2D eigenvalue weighted by atomic mass is 10.3. The minimum atomic E-state index is -0.841. The summed E-state index contributed by atoms with van der Waals surface area (Å²) in [5, 5.41) is 33.6. The Morgan fingerprint density at radius 1 is 0.778 bits per heavy atom. The molecule has 15 nitrogen and oxygen atoms in total. The number of nitrogens with two attached hydrogens (primary N) is 1. The number of amides is 1. The number of likely N-dealkylation sites (tertiary alicyclic amines) is 1. The van der Waals surface area contributed by atoms with Crippen LogP contribution < -0.4 is 11.1 Å². The number of nitrogens with one attached hydrogen (secondary N) is 1. The van der Waals surface area contributed by atoms with Gasteiger partial charge in [0.15, 0.2) is 0 Å². The Kier molecular flexibility index (Phi) is 30.0. The molecule has 0 spiro atoms. The highest BCUT2D eigenvalue weighted by Crippen LogP contribution is 2.31. The van der Waals surface area contributed by atoms with E-state index in [2.05, 4.69) is 27.9 Å². The second-order valence-electron chi connectivity index (χ2n) is 9.84. The van der Waals surface area contributed by atoms with E-state index >= 15 is 0 Å². The lowest BCUT2D eigenvalue weighted by molar-refractivity contribution is -0.117. The van der Waals surface area contributed by atoms with E-state index in [1.807, 2.05) is 0 Å². The lowest BCUT2D eigenvalue weighted by Gasteiger charge is -2.26. The Labute approximate surface area is 285 Å². The predicted octanol–water partition coefficient (Wildman–Crippen LogP) is -0.828. The number of aliphatic hydroxyl groups excluding tert-OH is 3. The second-order valence-corrected chi connectivity index (χ2v) is 12.3. The molecule has 0 radical (unpaired) electrons. The Balaban J connectivity index is 1.78. The fraction of sp³-hybridized carbons (Fsp3) is 0.964. The van der Waals surface area contributed by atoms with Crippen molar-refractivity contribution in [2.45, 2.75) is 43.2 Å². The normalized spacial score (nSPS) is 19.4. The number of halogens is 1. The molecule has 0 bridgehead atoms. The molecule has 1 heterocycles. The van der Waals surface area contributed by atoms with Gasteiger partial charge >= 0.3 is 0 Å². The average molecular weight is 786 g/mol. The van der Waals surface area contributed by atoms with E-state index in [0.29, 0.717) is 131 Å². The van der Waals surface area contributed by atoms with Crippen LogP contribution in [-0.2, 0) is 42.7 Å². The fourth-order valence-corrected chi connectivity index (χ4v) is 5.54. The number of nitrogens with zero attached hydrogens (tertiary/aromatic N) is 1. The number of carbonyl (C=O) groups excluding carboxylic acids is 1. The van der Waals surface area contributed by atoms with Gasteiger partial charge < -0.3 is 58.9 Å². The molecule has 4 atom stereocenters. The maximum atomic E-state index is 10.9. The molecule has 0 aromatic heterocycles. The van der Waals surface area contributed by atoms with Gasteiger partial charge in [-0.15, -0.1) is 0 Å². The van der Waals surface area contributed by atoms with E-state index < -0.39 is 18.7 Å². The standard InChI is InChI=1S/C28H56IN3O12S/c29-3-6-37-8-10-39-12-14-41-16-18-43-20-21-44-19-17-42-15-13-40-11-9-38-7-4-31-26(34)1-5-32-27(35)23-24(28(32)36)45-22-2-25(30)33/h24,26-28,31,34-36H,1-23H2,(H2,30,33)/t24?,26-,27?,28-/m1/s1. The number of carbonyl (C=O) groups is 1. The van der Waals surface area contributed by atoms with Crippen LogP contribution in [-0.4, -0.2) is 179 Å². The largest absolute Gasteiger partial charge is 0.379 e. The highest BCUT2D eigenvalue weighted by molar-refractivity contribution is 14.1. The van der Waals surface area contributed by atoms with Gasteiger partial charge in [-0.25, -0.2) is 0 Å². The molecule has 6 N–H and O–H groups in total. The summed E-state index contributed by atoms with van der Waals surface area (Å²) in [4.78, 5) is 12.4. The number of aliphatic hydroxyl groups is 3. The van der Waals surface area contributed by atoms with Crippen molar-refractivity contribution < 1.29 is 58.0 Å². The summed E-state index contributed by atoms with van der Waals surface area (Å²) < 4.78 is 44.5. The van der Waals surface area contributed by atoms with Crippen molar-refractivity contribution in [3.05, 3.63) is 0 Å². The van der Waals surface area contributed by atoms with Crippen molar-refractivity contribution in [2.24, 2.45) is 5.73 Å². The number of primary amides is 1. The molecule has 45 heavy (non-hydrogen) atoms. The molecule has 0 aromatic carbocycles. The number of alkyl halides is 1. The Morgan fingerprint density at radius 2 is 1.20 bits per heavy atom. The summed E-state index contributed by atoms with van der Waals surface area (Å²) in [6.07, 6.45) is -1.47. The summed E-state index contributed by atoms with van der Waals surface area (Å²) in [6, 6.07) is 0. The monoisotopic (exact) mass is 785 g/mol. The minimum absolute atomic E-state index is 0.203. The summed E-state index contributed by atoms with van der Waals surface area (Å²) >= 11 is 3.69. The molecule has 1 aliphatic rings. The zero-order chi connectivity index (χ0) is 32.8. The first kappa shape index (κ1) is 43.1. The van der Waals surface area contributed by atoms with Crippen LogP contribution in [0.4, 0.5) is 0 Å². The Hall–Kier alpha value is 0.0300. The van der Waals surface area contributed by atoms with Gasteiger partial charge in [-0.2, -0.15) is 11.8 Å². The molecule has 1 saturated heterocycles. The zero-order valence-corrected chi connectivity index (χ0v) is 29.4. The number of hydrogen-bond acceptors (Lipinski definition) is 15. The van der Waals surface area contributed by atoms with Crippen LogP contribution in [0.25, 0.3) is 0 Å². The van der Waals surface area contributed by atoms with Crippen molar-refractivity contribution in [3.63, 3.8) is 0 Å². The summed E-state index contributed by atoms with van der Waals surface area (Å²) in [5.41, 5.74) is 5.15. The van der Waals surface area contributed by atoms with E-state index in [1.54, 1.807) is 4.90 Å². The quantitative estimate of drug-likeness (QED) is 0.0235. The fourth-order valence-electron chi connectivity index (χ4n) is 3.97. The number of thioether (sulfide) groups is 1. The van der Waals surface area contributed by atoms with Gasteiger partial charge in [0.05, 0.1) is 106 Å². The van der Waals surface area contributed by atoms with Crippen molar-refractivity contribution >= 4 is 40.3 Å². The van der Waals surface area contributed by atoms with Crippen LogP contribution in [0.5, 0.6) is 0 Å². The van der Waals surface area contributed by atoms with Gasteiger partial charge in [-0.1, -0.05) is 22.6 Å².